The zero-order chi connectivity index (χ0) is 26.1. The summed E-state index contributed by atoms with van der Waals surface area (Å²) in [5, 5.41) is 4.71. The third-order valence-corrected chi connectivity index (χ3v) is 8.45. The lowest BCUT2D eigenvalue weighted by molar-refractivity contribution is 0.660. The van der Waals surface area contributed by atoms with Crippen LogP contribution in [0.1, 0.15) is 25.0 Å². The molecule has 6 aromatic carbocycles. The fourth-order valence-corrected chi connectivity index (χ4v) is 6.52. The van der Waals surface area contributed by atoms with Crippen LogP contribution in [-0.4, -0.2) is 0 Å². The third-order valence-electron chi connectivity index (χ3n) is 8.45. The van der Waals surface area contributed by atoms with E-state index in [0.717, 1.165) is 39.0 Å². The Morgan fingerprint density at radius 3 is 2.10 bits per heavy atom. The van der Waals surface area contributed by atoms with Gasteiger partial charge >= 0.3 is 0 Å². The molecule has 0 amide bonds. The smallest absolute Gasteiger partial charge is 0.135 e. The molecule has 39 heavy (non-hydrogen) atoms. The van der Waals surface area contributed by atoms with Crippen molar-refractivity contribution in [1.29, 1.82) is 0 Å². The quantitative estimate of drug-likeness (QED) is 0.239. The van der Waals surface area contributed by atoms with Crippen LogP contribution in [0.25, 0.3) is 43.8 Å². The van der Waals surface area contributed by atoms with Crippen LogP contribution in [0.2, 0.25) is 0 Å². The lowest BCUT2D eigenvalue weighted by Gasteiger charge is -2.29. The second kappa shape index (κ2) is 8.09. The Labute approximate surface area is 227 Å². The molecule has 0 aliphatic heterocycles. The summed E-state index contributed by atoms with van der Waals surface area (Å²) in [6.45, 7) is 4.68. The Bertz CT molecular complexity index is 2060. The Morgan fingerprint density at radius 1 is 0.513 bits per heavy atom. The summed E-state index contributed by atoms with van der Waals surface area (Å²) in [6.07, 6.45) is 0. The highest BCUT2D eigenvalue weighted by Crippen LogP contribution is 2.51. The van der Waals surface area contributed by atoms with Crippen molar-refractivity contribution < 1.29 is 4.42 Å². The molecule has 186 valence electrons. The standard InChI is InChI=1S/C37H27NO/c1-37(2)32-15-7-5-13-28(32)29-20-18-26(23-33(29)37)38(34-16-9-11-24-10-3-4-12-27(24)34)25-19-21-36-31(22-25)30-14-6-8-17-35(30)39-36/h3-23H,1-2H3. The van der Waals surface area contributed by atoms with E-state index in [9.17, 15) is 0 Å². The highest BCUT2D eigenvalue weighted by Gasteiger charge is 2.35. The molecule has 2 nitrogen and oxygen atoms in total. The summed E-state index contributed by atoms with van der Waals surface area (Å²) in [7, 11) is 0. The van der Waals surface area contributed by atoms with Crippen molar-refractivity contribution >= 4 is 49.8 Å². The van der Waals surface area contributed by atoms with Crippen LogP contribution in [0.5, 0.6) is 0 Å². The monoisotopic (exact) mass is 501 g/mol. The fraction of sp³-hybridized carbons (Fsp3) is 0.0811. The Hall–Kier alpha value is -4.82. The normalized spacial score (nSPS) is 13.6. The van der Waals surface area contributed by atoms with Crippen LogP contribution in [0.15, 0.2) is 132 Å². The number of hydrogen-bond acceptors (Lipinski definition) is 2. The van der Waals surface area contributed by atoms with Crippen molar-refractivity contribution in [3.05, 3.63) is 139 Å². The molecule has 0 spiro atoms. The molecule has 0 saturated heterocycles. The summed E-state index contributed by atoms with van der Waals surface area (Å²) < 4.78 is 6.17. The van der Waals surface area contributed by atoms with Crippen LogP contribution >= 0.6 is 0 Å². The zero-order valence-corrected chi connectivity index (χ0v) is 22.0. The van der Waals surface area contributed by atoms with Gasteiger partial charge in [0.05, 0.1) is 5.69 Å². The minimum absolute atomic E-state index is 0.0723. The van der Waals surface area contributed by atoms with Gasteiger partial charge in [-0.3, -0.25) is 0 Å². The predicted molar refractivity (Wildman–Crippen MR) is 163 cm³/mol. The van der Waals surface area contributed by atoms with Gasteiger partial charge in [0.25, 0.3) is 0 Å². The van der Waals surface area contributed by atoms with Crippen molar-refractivity contribution in [3.63, 3.8) is 0 Å². The summed E-state index contributed by atoms with van der Waals surface area (Å²) in [6, 6.07) is 45.9. The van der Waals surface area contributed by atoms with E-state index in [1.165, 1.54) is 33.0 Å². The van der Waals surface area contributed by atoms with E-state index in [1.807, 2.05) is 12.1 Å². The Kier molecular flexibility index (Phi) is 4.60. The van der Waals surface area contributed by atoms with Crippen LogP contribution in [0.4, 0.5) is 17.1 Å². The molecule has 1 aromatic heterocycles. The molecule has 1 aliphatic rings. The summed E-state index contributed by atoms with van der Waals surface area (Å²) >= 11 is 0. The minimum Gasteiger partial charge on any atom is -0.456 e. The number of hydrogen-bond donors (Lipinski definition) is 0. The van der Waals surface area contributed by atoms with Gasteiger partial charge in [0, 0.05) is 32.9 Å². The first kappa shape index (κ1) is 22.2. The Morgan fingerprint density at radius 2 is 1.18 bits per heavy atom. The largest absolute Gasteiger partial charge is 0.456 e. The van der Waals surface area contributed by atoms with Gasteiger partial charge in [-0.15, -0.1) is 0 Å². The second-order valence-corrected chi connectivity index (χ2v) is 11.0. The van der Waals surface area contributed by atoms with Crippen molar-refractivity contribution in [1.82, 2.24) is 0 Å². The number of rotatable bonds is 3. The zero-order valence-electron chi connectivity index (χ0n) is 22.0. The van der Waals surface area contributed by atoms with E-state index < -0.39 is 0 Å². The molecule has 0 atom stereocenters. The molecule has 1 aliphatic carbocycles. The minimum atomic E-state index is -0.0723. The lowest BCUT2D eigenvalue weighted by atomic mass is 9.82. The number of para-hydroxylation sites is 1. The van der Waals surface area contributed by atoms with E-state index in [1.54, 1.807) is 0 Å². The first-order chi connectivity index (χ1) is 19.1. The van der Waals surface area contributed by atoms with Gasteiger partial charge in [-0.05, 0) is 70.1 Å². The van der Waals surface area contributed by atoms with Crippen molar-refractivity contribution in [2.24, 2.45) is 0 Å². The first-order valence-electron chi connectivity index (χ1n) is 13.5. The SMILES string of the molecule is CC1(C)c2ccccc2-c2ccc(N(c3ccc4oc5ccccc5c4c3)c3cccc4ccccc34)cc21. The molecule has 8 rings (SSSR count). The van der Waals surface area contributed by atoms with E-state index >= 15 is 0 Å². The average molecular weight is 502 g/mol. The number of anilines is 3. The van der Waals surface area contributed by atoms with E-state index in [2.05, 4.69) is 134 Å². The Balaban J connectivity index is 1.40. The maximum absolute atomic E-state index is 6.17. The van der Waals surface area contributed by atoms with Gasteiger partial charge in [0.2, 0.25) is 0 Å². The third kappa shape index (κ3) is 3.21. The van der Waals surface area contributed by atoms with E-state index in [0.29, 0.717) is 0 Å². The van der Waals surface area contributed by atoms with Crippen LogP contribution in [-0.2, 0) is 5.41 Å². The van der Waals surface area contributed by atoms with Crippen LogP contribution in [0.3, 0.4) is 0 Å². The fourth-order valence-electron chi connectivity index (χ4n) is 6.52. The molecule has 0 saturated carbocycles. The molecule has 0 radical (unpaired) electrons. The van der Waals surface area contributed by atoms with Crippen molar-refractivity contribution in [2.45, 2.75) is 19.3 Å². The molecule has 1 heterocycles. The van der Waals surface area contributed by atoms with Gasteiger partial charge in [0.15, 0.2) is 0 Å². The molecule has 0 fully saturated rings. The molecule has 7 aromatic rings. The number of fused-ring (bicyclic) bond motifs is 7. The molecule has 0 N–H and O–H groups in total. The van der Waals surface area contributed by atoms with Gasteiger partial charge in [-0.25, -0.2) is 0 Å². The van der Waals surface area contributed by atoms with Gasteiger partial charge in [-0.1, -0.05) is 98.8 Å². The molecular weight excluding hydrogens is 474 g/mol. The molecular formula is C37H27NO. The topological polar surface area (TPSA) is 16.4 Å². The number of furan rings is 1. The second-order valence-electron chi connectivity index (χ2n) is 11.0. The average Bonchev–Trinajstić information content (AvgIpc) is 3.46. The molecule has 0 unspecified atom stereocenters. The number of benzene rings is 6. The lowest BCUT2D eigenvalue weighted by Crippen LogP contribution is -2.16. The van der Waals surface area contributed by atoms with Crippen LogP contribution in [0, 0.1) is 0 Å². The summed E-state index contributed by atoms with van der Waals surface area (Å²) in [5.74, 6) is 0. The van der Waals surface area contributed by atoms with Gasteiger partial charge in [-0.2, -0.15) is 0 Å². The van der Waals surface area contributed by atoms with E-state index in [4.69, 9.17) is 4.42 Å². The molecule has 2 heteroatoms. The van der Waals surface area contributed by atoms with Crippen LogP contribution < -0.4 is 4.90 Å². The number of nitrogens with zero attached hydrogens (tertiary/aromatic N) is 1. The van der Waals surface area contributed by atoms with Gasteiger partial charge in [0.1, 0.15) is 11.2 Å². The summed E-state index contributed by atoms with van der Waals surface area (Å²) in [4.78, 5) is 2.41. The first-order valence-corrected chi connectivity index (χ1v) is 13.5. The van der Waals surface area contributed by atoms with Crippen molar-refractivity contribution in [2.75, 3.05) is 4.90 Å². The molecule has 0 bridgehead atoms. The maximum Gasteiger partial charge on any atom is 0.135 e. The maximum atomic E-state index is 6.17. The van der Waals surface area contributed by atoms with Gasteiger partial charge < -0.3 is 9.32 Å². The highest BCUT2D eigenvalue weighted by atomic mass is 16.3. The van der Waals surface area contributed by atoms with E-state index in [-0.39, 0.29) is 5.41 Å². The predicted octanol–water partition coefficient (Wildman–Crippen LogP) is 10.5. The van der Waals surface area contributed by atoms with Crippen molar-refractivity contribution in [3.8, 4) is 11.1 Å². The highest BCUT2D eigenvalue weighted by molar-refractivity contribution is 6.07. The summed E-state index contributed by atoms with van der Waals surface area (Å²) in [5.41, 5.74) is 10.6.